The SMILES string of the molecule is CC/C=C\C/C=C\C/C=C\C/C=C\CCCCCCCCCCCCCCCCCCC(=O)OCC(COC(=O)CCCCCCCCCCC)OC(=O)CCCCCCCCCCCCCCCCCCCCCCCCCCCCC. The van der Waals surface area contributed by atoms with Crippen molar-refractivity contribution in [3.8, 4) is 0 Å². The maximum Gasteiger partial charge on any atom is 0.306 e. The topological polar surface area (TPSA) is 78.9 Å². The van der Waals surface area contributed by atoms with E-state index >= 15 is 0 Å². The lowest BCUT2D eigenvalue weighted by molar-refractivity contribution is -0.167. The number of ether oxygens (including phenoxy) is 3. The van der Waals surface area contributed by atoms with Crippen molar-refractivity contribution in [2.75, 3.05) is 13.2 Å². The molecule has 0 heterocycles. The second-order valence-corrected chi connectivity index (χ2v) is 25.2. The molecule has 0 fully saturated rings. The first-order valence-electron chi connectivity index (χ1n) is 37.1. The molecule has 0 aromatic rings. The van der Waals surface area contributed by atoms with Crippen LogP contribution in [0.25, 0.3) is 0 Å². The summed E-state index contributed by atoms with van der Waals surface area (Å²) in [7, 11) is 0. The highest BCUT2D eigenvalue weighted by atomic mass is 16.6. The predicted octanol–water partition coefficient (Wildman–Crippen LogP) is 25.7. The van der Waals surface area contributed by atoms with E-state index in [0.29, 0.717) is 19.3 Å². The van der Waals surface area contributed by atoms with Crippen LogP contribution >= 0.6 is 0 Å². The number of unbranched alkanes of at least 4 members (excludes halogenated alkanes) is 50. The number of carbonyl (C=O) groups excluding carboxylic acids is 3. The molecule has 0 saturated heterocycles. The van der Waals surface area contributed by atoms with E-state index in [9.17, 15) is 14.4 Å². The fourth-order valence-electron chi connectivity index (χ4n) is 11.3. The zero-order valence-corrected chi connectivity index (χ0v) is 56.0. The summed E-state index contributed by atoms with van der Waals surface area (Å²) in [5, 5.41) is 0. The smallest absolute Gasteiger partial charge is 0.306 e. The van der Waals surface area contributed by atoms with Crippen molar-refractivity contribution >= 4 is 17.9 Å². The maximum atomic E-state index is 12.9. The van der Waals surface area contributed by atoms with Crippen LogP contribution in [0.3, 0.4) is 0 Å². The van der Waals surface area contributed by atoms with Crippen molar-refractivity contribution in [3.05, 3.63) is 48.6 Å². The molecule has 0 aromatic heterocycles. The van der Waals surface area contributed by atoms with Crippen LogP contribution in [0.4, 0.5) is 0 Å². The van der Waals surface area contributed by atoms with E-state index in [2.05, 4.69) is 69.4 Å². The lowest BCUT2D eigenvalue weighted by Crippen LogP contribution is -2.30. The Balaban J connectivity index is 4.07. The Morgan fingerprint density at radius 3 is 0.735 bits per heavy atom. The molecule has 0 bridgehead atoms. The maximum absolute atomic E-state index is 12.9. The molecule has 0 radical (unpaired) electrons. The van der Waals surface area contributed by atoms with E-state index in [4.69, 9.17) is 14.2 Å². The average molecular weight is 1160 g/mol. The van der Waals surface area contributed by atoms with Gasteiger partial charge in [0.25, 0.3) is 0 Å². The third-order valence-corrected chi connectivity index (χ3v) is 16.8. The van der Waals surface area contributed by atoms with Crippen LogP contribution in [0.5, 0.6) is 0 Å². The molecule has 0 amide bonds. The van der Waals surface area contributed by atoms with Crippen LogP contribution in [-0.2, 0) is 28.6 Å². The molecule has 83 heavy (non-hydrogen) atoms. The molecule has 0 saturated carbocycles. The van der Waals surface area contributed by atoms with Crippen LogP contribution < -0.4 is 0 Å². The van der Waals surface area contributed by atoms with Gasteiger partial charge in [-0.05, 0) is 57.8 Å². The highest BCUT2D eigenvalue weighted by Crippen LogP contribution is 2.19. The predicted molar refractivity (Wildman–Crippen MR) is 362 cm³/mol. The molecule has 0 spiro atoms. The van der Waals surface area contributed by atoms with E-state index in [-0.39, 0.29) is 31.1 Å². The van der Waals surface area contributed by atoms with Gasteiger partial charge in [-0.2, -0.15) is 0 Å². The molecule has 486 valence electrons. The van der Waals surface area contributed by atoms with Gasteiger partial charge in [0.15, 0.2) is 6.10 Å². The Hall–Kier alpha value is -2.63. The van der Waals surface area contributed by atoms with Crippen molar-refractivity contribution in [3.63, 3.8) is 0 Å². The summed E-state index contributed by atoms with van der Waals surface area (Å²) >= 11 is 0. The van der Waals surface area contributed by atoms with Gasteiger partial charge in [-0.3, -0.25) is 14.4 Å². The van der Waals surface area contributed by atoms with Crippen LogP contribution in [0.15, 0.2) is 48.6 Å². The van der Waals surface area contributed by atoms with Crippen LogP contribution in [-0.4, -0.2) is 37.2 Å². The highest BCUT2D eigenvalue weighted by Gasteiger charge is 2.20. The quantitative estimate of drug-likeness (QED) is 0.0261. The normalized spacial score (nSPS) is 12.3. The molecule has 1 unspecified atom stereocenters. The summed E-state index contributed by atoms with van der Waals surface area (Å²) in [5.74, 6) is -0.839. The van der Waals surface area contributed by atoms with Crippen molar-refractivity contribution < 1.29 is 28.6 Å². The molecule has 0 N–H and O–H groups in total. The Labute approximate surface area is 518 Å². The standard InChI is InChI=1S/C77H142O6/c1-4-7-10-13-16-19-21-23-25-27-29-31-33-35-37-38-40-41-43-45-47-49-51-53-55-58-61-64-67-70-76(79)82-73-74(72-81-75(78)69-66-63-60-57-18-15-12-9-6-3)83-77(80)71-68-65-62-59-56-54-52-50-48-46-44-42-39-36-34-32-30-28-26-24-22-20-17-14-11-8-5-2/h7,10,16,19,23,25,29,31,74H,4-6,8-9,11-15,17-18,20-22,24,26-28,30,32-73H2,1-3H3/b10-7-,19-16-,25-23-,31-29-. The van der Waals surface area contributed by atoms with Gasteiger partial charge in [0.2, 0.25) is 0 Å². The summed E-state index contributed by atoms with van der Waals surface area (Å²) in [6, 6.07) is 0. The zero-order valence-electron chi connectivity index (χ0n) is 56.0. The van der Waals surface area contributed by atoms with Crippen LogP contribution in [0.1, 0.15) is 406 Å². The van der Waals surface area contributed by atoms with E-state index in [1.165, 1.54) is 283 Å². The number of hydrogen-bond donors (Lipinski definition) is 0. The van der Waals surface area contributed by atoms with Gasteiger partial charge in [-0.25, -0.2) is 0 Å². The summed E-state index contributed by atoms with van der Waals surface area (Å²) in [5.41, 5.74) is 0. The molecule has 0 aliphatic heterocycles. The van der Waals surface area contributed by atoms with Gasteiger partial charge in [0.1, 0.15) is 13.2 Å². The van der Waals surface area contributed by atoms with Crippen LogP contribution in [0.2, 0.25) is 0 Å². The molecule has 0 rings (SSSR count). The summed E-state index contributed by atoms with van der Waals surface area (Å²) in [4.78, 5) is 38.3. The summed E-state index contributed by atoms with van der Waals surface area (Å²) < 4.78 is 17.0. The number of esters is 3. The molecule has 1 atom stereocenters. The van der Waals surface area contributed by atoms with Gasteiger partial charge < -0.3 is 14.2 Å². The highest BCUT2D eigenvalue weighted by molar-refractivity contribution is 5.71. The van der Waals surface area contributed by atoms with Gasteiger partial charge in [-0.15, -0.1) is 0 Å². The minimum absolute atomic E-state index is 0.0660. The Bertz CT molecular complexity index is 1430. The first-order valence-corrected chi connectivity index (χ1v) is 37.1. The third kappa shape index (κ3) is 70.0. The monoisotopic (exact) mass is 1160 g/mol. The number of carbonyl (C=O) groups is 3. The second-order valence-electron chi connectivity index (χ2n) is 25.2. The minimum Gasteiger partial charge on any atom is -0.462 e. The first-order chi connectivity index (χ1) is 41.0. The van der Waals surface area contributed by atoms with E-state index in [1.807, 2.05) is 0 Å². The van der Waals surface area contributed by atoms with Gasteiger partial charge in [-0.1, -0.05) is 378 Å². The minimum atomic E-state index is -0.768. The average Bonchev–Trinajstić information content (AvgIpc) is 3.49. The van der Waals surface area contributed by atoms with E-state index in [0.717, 1.165) is 83.5 Å². The largest absolute Gasteiger partial charge is 0.462 e. The number of allylic oxidation sites excluding steroid dienone is 8. The molecular weight excluding hydrogens is 1020 g/mol. The van der Waals surface area contributed by atoms with Crippen LogP contribution in [0, 0.1) is 0 Å². The fourth-order valence-corrected chi connectivity index (χ4v) is 11.3. The molecule has 6 heteroatoms. The van der Waals surface area contributed by atoms with Crippen molar-refractivity contribution in [1.82, 2.24) is 0 Å². The summed E-state index contributed by atoms with van der Waals surface area (Å²) in [6.45, 7) is 6.58. The van der Waals surface area contributed by atoms with E-state index in [1.54, 1.807) is 0 Å². The molecule has 6 nitrogen and oxygen atoms in total. The Morgan fingerprint density at radius 2 is 0.470 bits per heavy atom. The van der Waals surface area contributed by atoms with Crippen molar-refractivity contribution in [2.45, 2.75) is 412 Å². The van der Waals surface area contributed by atoms with Gasteiger partial charge >= 0.3 is 17.9 Å². The molecule has 0 aliphatic carbocycles. The lowest BCUT2D eigenvalue weighted by atomic mass is 10.0. The third-order valence-electron chi connectivity index (χ3n) is 16.8. The number of rotatable bonds is 69. The molecule has 0 aliphatic rings. The van der Waals surface area contributed by atoms with Gasteiger partial charge in [0, 0.05) is 19.3 Å². The lowest BCUT2D eigenvalue weighted by Gasteiger charge is -2.18. The fraction of sp³-hybridized carbons (Fsp3) is 0.857. The summed E-state index contributed by atoms with van der Waals surface area (Å²) in [6.07, 6.45) is 91.8. The molecular formula is C77H142O6. The van der Waals surface area contributed by atoms with Crippen molar-refractivity contribution in [1.29, 1.82) is 0 Å². The first kappa shape index (κ1) is 80.4. The van der Waals surface area contributed by atoms with Gasteiger partial charge in [0.05, 0.1) is 0 Å². The second kappa shape index (κ2) is 71.8. The number of hydrogen-bond acceptors (Lipinski definition) is 6. The Morgan fingerprint density at radius 1 is 0.253 bits per heavy atom. The molecule has 0 aromatic carbocycles. The zero-order chi connectivity index (χ0) is 59.9. The Kier molecular flexibility index (Phi) is 69.6. The van der Waals surface area contributed by atoms with Crippen molar-refractivity contribution in [2.24, 2.45) is 0 Å². The van der Waals surface area contributed by atoms with E-state index < -0.39 is 6.10 Å².